The van der Waals surface area contributed by atoms with Crippen LogP contribution in [-0.2, 0) is 17.8 Å². The SMILES string of the molecule is CCCOCCn1cnc(CNCC(C)C)n1. The third-order valence-corrected chi connectivity index (χ3v) is 2.23. The highest BCUT2D eigenvalue weighted by atomic mass is 16.5. The topological polar surface area (TPSA) is 52.0 Å². The zero-order valence-corrected chi connectivity index (χ0v) is 11.1. The molecule has 0 spiro atoms. The number of aromatic nitrogens is 3. The molecule has 0 saturated heterocycles. The van der Waals surface area contributed by atoms with E-state index in [1.807, 2.05) is 4.68 Å². The average molecular weight is 240 g/mol. The molecule has 0 aliphatic heterocycles. The van der Waals surface area contributed by atoms with Gasteiger partial charge in [-0.1, -0.05) is 20.8 Å². The van der Waals surface area contributed by atoms with Crippen molar-refractivity contribution in [2.45, 2.75) is 40.3 Å². The van der Waals surface area contributed by atoms with E-state index in [9.17, 15) is 0 Å². The lowest BCUT2D eigenvalue weighted by molar-refractivity contribution is 0.124. The summed E-state index contributed by atoms with van der Waals surface area (Å²) in [6.45, 7) is 10.5. The Morgan fingerprint density at radius 2 is 2.24 bits per heavy atom. The maximum atomic E-state index is 5.40. The molecule has 0 bridgehead atoms. The van der Waals surface area contributed by atoms with Crippen molar-refractivity contribution in [2.75, 3.05) is 19.8 Å². The summed E-state index contributed by atoms with van der Waals surface area (Å²) in [5.74, 6) is 1.50. The molecule has 0 saturated carbocycles. The van der Waals surface area contributed by atoms with E-state index in [-0.39, 0.29) is 0 Å². The van der Waals surface area contributed by atoms with Crippen molar-refractivity contribution in [1.29, 1.82) is 0 Å². The lowest BCUT2D eigenvalue weighted by Crippen LogP contribution is -2.20. The van der Waals surface area contributed by atoms with Crippen molar-refractivity contribution in [1.82, 2.24) is 20.1 Å². The van der Waals surface area contributed by atoms with Gasteiger partial charge in [0, 0.05) is 6.61 Å². The maximum Gasteiger partial charge on any atom is 0.164 e. The molecular formula is C12H24N4O. The minimum absolute atomic E-state index is 0.652. The van der Waals surface area contributed by atoms with Gasteiger partial charge in [-0.3, -0.25) is 4.68 Å². The second-order valence-corrected chi connectivity index (χ2v) is 4.56. The molecule has 0 aliphatic rings. The predicted molar refractivity (Wildman–Crippen MR) is 67.7 cm³/mol. The van der Waals surface area contributed by atoms with Gasteiger partial charge in [0.25, 0.3) is 0 Å². The number of ether oxygens (including phenoxy) is 1. The summed E-state index contributed by atoms with van der Waals surface area (Å²) in [5, 5.41) is 7.69. The van der Waals surface area contributed by atoms with E-state index in [1.54, 1.807) is 6.33 Å². The van der Waals surface area contributed by atoms with Gasteiger partial charge >= 0.3 is 0 Å². The van der Waals surface area contributed by atoms with Crippen LogP contribution in [0.5, 0.6) is 0 Å². The lowest BCUT2D eigenvalue weighted by atomic mass is 10.2. The van der Waals surface area contributed by atoms with E-state index >= 15 is 0 Å². The van der Waals surface area contributed by atoms with Gasteiger partial charge in [-0.05, 0) is 18.9 Å². The summed E-state index contributed by atoms with van der Waals surface area (Å²) in [6.07, 6.45) is 2.82. The number of hydrogen-bond acceptors (Lipinski definition) is 4. The molecule has 0 radical (unpaired) electrons. The minimum atomic E-state index is 0.652. The summed E-state index contributed by atoms with van der Waals surface area (Å²) in [4.78, 5) is 4.25. The molecule has 0 fully saturated rings. The molecule has 1 rings (SSSR count). The smallest absolute Gasteiger partial charge is 0.164 e. The van der Waals surface area contributed by atoms with E-state index in [1.165, 1.54) is 0 Å². The van der Waals surface area contributed by atoms with E-state index < -0.39 is 0 Å². The van der Waals surface area contributed by atoms with Crippen molar-refractivity contribution in [3.63, 3.8) is 0 Å². The summed E-state index contributed by atoms with van der Waals surface area (Å²) < 4.78 is 7.24. The fraction of sp³-hybridized carbons (Fsp3) is 0.833. The summed E-state index contributed by atoms with van der Waals surface area (Å²) in [6, 6.07) is 0. The Balaban J connectivity index is 2.18. The molecule has 1 aromatic rings. The quantitative estimate of drug-likeness (QED) is 0.664. The maximum absolute atomic E-state index is 5.40. The second-order valence-electron chi connectivity index (χ2n) is 4.56. The van der Waals surface area contributed by atoms with Crippen LogP contribution >= 0.6 is 0 Å². The number of hydrogen-bond donors (Lipinski definition) is 1. The number of rotatable bonds is 9. The molecule has 1 aromatic heterocycles. The normalized spacial score (nSPS) is 11.3. The van der Waals surface area contributed by atoms with Crippen LogP contribution in [0.15, 0.2) is 6.33 Å². The predicted octanol–water partition coefficient (Wildman–Crippen LogP) is 1.45. The Labute approximate surface area is 104 Å². The highest BCUT2D eigenvalue weighted by Gasteiger charge is 2.01. The Morgan fingerprint density at radius 3 is 2.94 bits per heavy atom. The van der Waals surface area contributed by atoms with Gasteiger partial charge in [-0.2, -0.15) is 5.10 Å². The van der Waals surface area contributed by atoms with Crippen LogP contribution in [0.2, 0.25) is 0 Å². The Hall–Kier alpha value is -0.940. The van der Waals surface area contributed by atoms with Crippen molar-refractivity contribution in [3.05, 3.63) is 12.2 Å². The van der Waals surface area contributed by atoms with E-state index in [0.29, 0.717) is 12.5 Å². The Bertz CT molecular complexity index is 298. The molecule has 1 N–H and O–H groups in total. The summed E-state index contributed by atoms with van der Waals surface area (Å²) in [7, 11) is 0. The highest BCUT2D eigenvalue weighted by Crippen LogP contribution is 1.93. The first-order valence-corrected chi connectivity index (χ1v) is 6.39. The van der Waals surface area contributed by atoms with Gasteiger partial charge in [0.2, 0.25) is 0 Å². The molecule has 17 heavy (non-hydrogen) atoms. The van der Waals surface area contributed by atoms with Crippen molar-refractivity contribution < 1.29 is 4.74 Å². The van der Waals surface area contributed by atoms with E-state index in [0.717, 1.165) is 38.5 Å². The average Bonchev–Trinajstić information content (AvgIpc) is 2.72. The Kier molecular flexibility index (Phi) is 6.81. The zero-order chi connectivity index (χ0) is 12.5. The second kappa shape index (κ2) is 8.20. The van der Waals surface area contributed by atoms with Crippen LogP contribution in [-0.4, -0.2) is 34.5 Å². The monoisotopic (exact) mass is 240 g/mol. The molecule has 0 amide bonds. The highest BCUT2D eigenvalue weighted by molar-refractivity contribution is 4.80. The molecule has 5 heteroatoms. The van der Waals surface area contributed by atoms with E-state index in [4.69, 9.17) is 4.74 Å². The van der Waals surface area contributed by atoms with Crippen molar-refractivity contribution in [3.8, 4) is 0 Å². The molecular weight excluding hydrogens is 216 g/mol. The standard InChI is InChI=1S/C12H24N4O/c1-4-6-17-7-5-16-10-14-12(15-16)9-13-8-11(2)3/h10-11,13H,4-9H2,1-3H3. The van der Waals surface area contributed by atoms with Crippen LogP contribution in [0.3, 0.4) is 0 Å². The van der Waals surface area contributed by atoms with Gasteiger partial charge in [-0.15, -0.1) is 0 Å². The Morgan fingerprint density at radius 1 is 1.41 bits per heavy atom. The number of nitrogens with one attached hydrogen (secondary N) is 1. The van der Waals surface area contributed by atoms with Crippen LogP contribution in [0.1, 0.15) is 33.0 Å². The van der Waals surface area contributed by atoms with Gasteiger partial charge in [0.1, 0.15) is 6.33 Å². The minimum Gasteiger partial charge on any atom is -0.380 e. The van der Waals surface area contributed by atoms with Crippen LogP contribution in [0.4, 0.5) is 0 Å². The molecule has 5 nitrogen and oxygen atoms in total. The molecule has 0 atom stereocenters. The summed E-state index contributed by atoms with van der Waals surface area (Å²) in [5.41, 5.74) is 0. The summed E-state index contributed by atoms with van der Waals surface area (Å²) >= 11 is 0. The number of nitrogens with zero attached hydrogens (tertiary/aromatic N) is 3. The third-order valence-electron chi connectivity index (χ3n) is 2.23. The molecule has 98 valence electrons. The van der Waals surface area contributed by atoms with Gasteiger partial charge < -0.3 is 10.1 Å². The van der Waals surface area contributed by atoms with Crippen LogP contribution in [0, 0.1) is 5.92 Å². The molecule has 0 aliphatic carbocycles. The largest absolute Gasteiger partial charge is 0.380 e. The zero-order valence-electron chi connectivity index (χ0n) is 11.1. The lowest BCUT2D eigenvalue weighted by Gasteiger charge is -2.04. The van der Waals surface area contributed by atoms with Crippen molar-refractivity contribution in [2.24, 2.45) is 5.92 Å². The van der Waals surface area contributed by atoms with E-state index in [2.05, 4.69) is 36.2 Å². The van der Waals surface area contributed by atoms with Crippen LogP contribution < -0.4 is 5.32 Å². The fourth-order valence-electron chi connectivity index (χ4n) is 1.40. The molecule has 1 heterocycles. The first-order valence-electron chi connectivity index (χ1n) is 6.39. The molecule has 0 unspecified atom stereocenters. The van der Waals surface area contributed by atoms with Gasteiger partial charge in [-0.25, -0.2) is 4.98 Å². The fourth-order valence-corrected chi connectivity index (χ4v) is 1.40. The van der Waals surface area contributed by atoms with Crippen molar-refractivity contribution >= 4 is 0 Å². The molecule has 0 aromatic carbocycles. The first-order chi connectivity index (χ1) is 8.22. The van der Waals surface area contributed by atoms with Gasteiger partial charge in [0.05, 0.1) is 19.7 Å². The van der Waals surface area contributed by atoms with Crippen LogP contribution in [0.25, 0.3) is 0 Å². The first kappa shape index (κ1) is 14.1. The third kappa shape index (κ3) is 6.38. The van der Waals surface area contributed by atoms with Gasteiger partial charge in [0.15, 0.2) is 5.82 Å².